The van der Waals surface area contributed by atoms with Gasteiger partial charge in [-0.2, -0.15) is 13.7 Å². The van der Waals surface area contributed by atoms with Crippen LogP contribution in [-0.4, -0.2) is 27.8 Å². The van der Waals surface area contributed by atoms with E-state index < -0.39 is 10.2 Å². The Labute approximate surface area is 200 Å². The number of carbonyl (C=O) groups excluding carboxylic acids is 1. The summed E-state index contributed by atoms with van der Waals surface area (Å²) in [6.07, 6.45) is 3.10. The molecular weight excluding hydrogens is 446 g/mol. The molecule has 0 amide bonds. The lowest BCUT2D eigenvalue weighted by Gasteiger charge is -2.18. The molecule has 0 unspecified atom stereocenters. The standard InChI is InChI=1S/C27H25N3O3S/c1-29-26-16-23(11-12-25(26)30(34(29,32)33)18-20-8-9-20)22-6-2-4-19(14-22)10-13-27(31)24-7-3-5-21(15-24)17-28/h2-7,11-12,14-16,20H,8-10,13,18H2,1H3. The van der Waals surface area contributed by atoms with Gasteiger partial charge in [0.05, 0.1) is 23.0 Å². The summed E-state index contributed by atoms with van der Waals surface area (Å²) in [5.74, 6) is 0.457. The third kappa shape index (κ3) is 4.17. The van der Waals surface area contributed by atoms with Gasteiger partial charge in [-0.25, -0.2) is 0 Å². The number of Topliss-reactive ketones (excluding diaryl/α,β-unsaturated/α-hetero) is 1. The highest BCUT2D eigenvalue weighted by molar-refractivity contribution is 7.94. The Hall–Kier alpha value is -3.63. The molecule has 2 aliphatic rings. The lowest BCUT2D eigenvalue weighted by molar-refractivity contribution is 0.0983. The van der Waals surface area contributed by atoms with Crippen LogP contribution in [0.5, 0.6) is 0 Å². The summed E-state index contributed by atoms with van der Waals surface area (Å²) >= 11 is 0. The molecule has 34 heavy (non-hydrogen) atoms. The number of aryl methyl sites for hydroxylation is 1. The van der Waals surface area contributed by atoms with Crippen LogP contribution >= 0.6 is 0 Å². The Morgan fingerprint density at radius 1 is 1.00 bits per heavy atom. The first-order chi connectivity index (χ1) is 16.4. The maximum Gasteiger partial charge on any atom is 0.326 e. The van der Waals surface area contributed by atoms with E-state index in [4.69, 9.17) is 5.26 Å². The molecule has 1 aliphatic carbocycles. The molecule has 7 heteroatoms. The minimum absolute atomic E-state index is 0.00243. The van der Waals surface area contributed by atoms with E-state index in [0.29, 0.717) is 42.1 Å². The molecule has 6 nitrogen and oxygen atoms in total. The average molecular weight is 472 g/mol. The molecule has 172 valence electrons. The Morgan fingerprint density at radius 3 is 2.53 bits per heavy atom. The largest absolute Gasteiger partial charge is 0.326 e. The molecule has 1 saturated carbocycles. The normalized spacial score (nSPS) is 16.2. The van der Waals surface area contributed by atoms with Crippen LogP contribution in [0.3, 0.4) is 0 Å². The molecule has 1 heterocycles. The van der Waals surface area contributed by atoms with Gasteiger partial charge in [0.15, 0.2) is 5.78 Å². The number of carbonyl (C=O) groups is 1. The number of nitrogens with zero attached hydrogens (tertiary/aromatic N) is 3. The van der Waals surface area contributed by atoms with E-state index in [-0.39, 0.29) is 5.78 Å². The minimum atomic E-state index is -3.53. The van der Waals surface area contributed by atoms with Gasteiger partial charge in [0.2, 0.25) is 0 Å². The molecule has 0 N–H and O–H groups in total. The third-order valence-electron chi connectivity index (χ3n) is 6.54. The quantitative estimate of drug-likeness (QED) is 0.457. The van der Waals surface area contributed by atoms with Crippen molar-refractivity contribution in [2.45, 2.75) is 25.7 Å². The molecule has 3 aromatic rings. The van der Waals surface area contributed by atoms with Crippen LogP contribution in [-0.2, 0) is 16.6 Å². The lowest BCUT2D eigenvalue weighted by Crippen LogP contribution is -2.36. The van der Waals surface area contributed by atoms with Gasteiger partial charge in [0.1, 0.15) is 0 Å². The van der Waals surface area contributed by atoms with Gasteiger partial charge in [-0.15, -0.1) is 0 Å². The summed E-state index contributed by atoms with van der Waals surface area (Å²) in [6.45, 7) is 0.541. The zero-order valence-corrected chi connectivity index (χ0v) is 19.8. The smallest absolute Gasteiger partial charge is 0.294 e. The maximum atomic E-state index is 12.9. The van der Waals surface area contributed by atoms with Crippen LogP contribution in [0.2, 0.25) is 0 Å². The first-order valence-electron chi connectivity index (χ1n) is 11.4. The molecule has 0 bridgehead atoms. The Morgan fingerprint density at radius 2 is 1.76 bits per heavy atom. The van der Waals surface area contributed by atoms with Crippen LogP contribution in [0.15, 0.2) is 66.7 Å². The van der Waals surface area contributed by atoms with Crippen molar-refractivity contribution >= 4 is 27.4 Å². The van der Waals surface area contributed by atoms with E-state index in [9.17, 15) is 13.2 Å². The van der Waals surface area contributed by atoms with Gasteiger partial charge in [0, 0.05) is 25.6 Å². The monoisotopic (exact) mass is 471 g/mol. The topological polar surface area (TPSA) is 81.5 Å². The average Bonchev–Trinajstić information content (AvgIpc) is 3.66. The lowest BCUT2D eigenvalue weighted by atomic mass is 9.98. The van der Waals surface area contributed by atoms with Gasteiger partial charge in [0.25, 0.3) is 0 Å². The highest BCUT2D eigenvalue weighted by Gasteiger charge is 2.40. The Balaban J connectivity index is 1.35. The van der Waals surface area contributed by atoms with Gasteiger partial charge >= 0.3 is 10.2 Å². The number of nitriles is 1. The van der Waals surface area contributed by atoms with Crippen molar-refractivity contribution in [2.75, 3.05) is 22.2 Å². The molecule has 5 rings (SSSR count). The molecule has 0 aromatic heterocycles. The van der Waals surface area contributed by atoms with Gasteiger partial charge in [-0.3, -0.25) is 13.4 Å². The zero-order chi connectivity index (χ0) is 23.9. The first-order valence-corrected chi connectivity index (χ1v) is 12.8. The second-order valence-corrected chi connectivity index (χ2v) is 10.9. The fourth-order valence-electron chi connectivity index (χ4n) is 4.36. The van der Waals surface area contributed by atoms with E-state index in [1.807, 2.05) is 42.5 Å². The molecule has 0 saturated heterocycles. The molecule has 1 fully saturated rings. The summed E-state index contributed by atoms with van der Waals surface area (Å²) in [6, 6.07) is 22.6. The number of hydrogen-bond donors (Lipinski definition) is 0. The summed E-state index contributed by atoms with van der Waals surface area (Å²) in [5.41, 5.74) is 5.39. The van der Waals surface area contributed by atoms with Gasteiger partial charge < -0.3 is 0 Å². The zero-order valence-electron chi connectivity index (χ0n) is 18.9. The second kappa shape index (κ2) is 8.62. The SMILES string of the molecule is CN1c2cc(-c3cccc(CCC(=O)c4cccc(C#N)c4)c3)ccc2N(CC2CC2)S1(=O)=O. The fourth-order valence-corrected chi connectivity index (χ4v) is 5.85. The summed E-state index contributed by atoms with van der Waals surface area (Å²) < 4.78 is 28.7. The van der Waals surface area contributed by atoms with Crippen molar-refractivity contribution < 1.29 is 13.2 Å². The van der Waals surface area contributed by atoms with Crippen LogP contribution < -0.4 is 8.61 Å². The van der Waals surface area contributed by atoms with E-state index in [2.05, 4.69) is 6.07 Å². The highest BCUT2D eigenvalue weighted by Crippen LogP contribution is 2.44. The number of rotatable bonds is 7. The Bertz CT molecular complexity index is 1420. The number of benzene rings is 3. The fraction of sp³-hybridized carbons (Fsp3) is 0.259. The van der Waals surface area contributed by atoms with Crippen molar-refractivity contribution in [3.8, 4) is 17.2 Å². The van der Waals surface area contributed by atoms with E-state index >= 15 is 0 Å². The van der Waals surface area contributed by atoms with Crippen molar-refractivity contribution in [3.05, 3.63) is 83.4 Å². The van der Waals surface area contributed by atoms with E-state index in [0.717, 1.165) is 35.2 Å². The first kappa shape index (κ1) is 22.2. The number of ketones is 1. The van der Waals surface area contributed by atoms with Crippen LogP contribution in [0.25, 0.3) is 11.1 Å². The van der Waals surface area contributed by atoms with Crippen molar-refractivity contribution in [1.82, 2.24) is 0 Å². The highest BCUT2D eigenvalue weighted by atomic mass is 32.2. The van der Waals surface area contributed by atoms with Crippen molar-refractivity contribution in [1.29, 1.82) is 5.26 Å². The summed E-state index contributed by atoms with van der Waals surface area (Å²) in [4.78, 5) is 12.6. The molecule has 3 aromatic carbocycles. The van der Waals surface area contributed by atoms with Crippen molar-refractivity contribution in [2.24, 2.45) is 5.92 Å². The number of hydrogen-bond acceptors (Lipinski definition) is 4. The van der Waals surface area contributed by atoms with E-state index in [1.165, 1.54) is 8.61 Å². The molecule has 1 aliphatic heterocycles. The van der Waals surface area contributed by atoms with Crippen LogP contribution in [0, 0.1) is 17.2 Å². The van der Waals surface area contributed by atoms with Gasteiger partial charge in [-0.1, -0.05) is 42.5 Å². The predicted octanol–water partition coefficient (Wildman–Crippen LogP) is 4.95. The molecular formula is C27H25N3O3S. The third-order valence-corrected chi connectivity index (χ3v) is 8.34. The minimum Gasteiger partial charge on any atom is -0.294 e. The molecule has 0 radical (unpaired) electrons. The Kier molecular flexibility index (Phi) is 5.62. The van der Waals surface area contributed by atoms with E-state index in [1.54, 1.807) is 31.3 Å². The van der Waals surface area contributed by atoms with Crippen LogP contribution in [0.4, 0.5) is 11.4 Å². The summed E-state index contributed by atoms with van der Waals surface area (Å²) in [5, 5.41) is 9.05. The van der Waals surface area contributed by atoms with Crippen molar-refractivity contribution in [3.63, 3.8) is 0 Å². The van der Waals surface area contributed by atoms with Crippen LogP contribution in [0.1, 0.15) is 40.7 Å². The molecule has 0 atom stereocenters. The second-order valence-electron chi connectivity index (χ2n) is 8.97. The van der Waals surface area contributed by atoms with Gasteiger partial charge in [-0.05, 0) is 66.1 Å². The predicted molar refractivity (Wildman–Crippen MR) is 133 cm³/mol. The molecule has 0 spiro atoms. The number of anilines is 2. The summed E-state index contributed by atoms with van der Waals surface area (Å²) in [7, 11) is -1.92. The number of fused-ring (bicyclic) bond motifs is 1. The maximum absolute atomic E-state index is 12.9.